The van der Waals surface area contributed by atoms with E-state index >= 15 is 0 Å². The van der Waals surface area contributed by atoms with Gasteiger partial charge >= 0.3 is 0 Å². The molecule has 2 aromatic rings. The summed E-state index contributed by atoms with van der Waals surface area (Å²) < 4.78 is 1.62. The van der Waals surface area contributed by atoms with Crippen LogP contribution in [0.1, 0.15) is 61.7 Å². The predicted octanol–water partition coefficient (Wildman–Crippen LogP) is 5.62. The van der Waals surface area contributed by atoms with Crippen LogP contribution in [0.25, 0.3) is 0 Å². The number of nitrogens with one attached hydrogen (secondary N) is 1. The summed E-state index contributed by atoms with van der Waals surface area (Å²) in [6, 6.07) is 7.97. The Bertz CT molecular complexity index is 763. The number of hydrogen-bond donors (Lipinski definition) is 1. The van der Waals surface area contributed by atoms with Crippen LogP contribution in [0.4, 0.5) is 5.69 Å². The van der Waals surface area contributed by atoms with E-state index in [-0.39, 0.29) is 17.7 Å². The summed E-state index contributed by atoms with van der Waals surface area (Å²) in [5, 5.41) is 7.27. The minimum Gasteiger partial charge on any atom is -0.326 e. The van der Waals surface area contributed by atoms with Crippen LogP contribution in [-0.2, 0) is 18.3 Å². The van der Waals surface area contributed by atoms with E-state index in [1.54, 1.807) is 17.9 Å². The average Bonchev–Trinajstić information content (AvgIpc) is 2.86. The summed E-state index contributed by atoms with van der Waals surface area (Å²) >= 11 is 11.9. The van der Waals surface area contributed by atoms with E-state index in [1.807, 2.05) is 18.2 Å². The Hall–Kier alpha value is -1.52. The smallest absolute Gasteiger partial charge is 0.228 e. The molecule has 0 spiro atoms. The fourth-order valence-electron chi connectivity index (χ4n) is 3.31. The van der Waals surface area contributed by atoms with Gasteiger partial charge in [-0.2, -0.15) is 5.10 Å². The molecule has 6 heteroatoms. The minimum atomic E-state index is -0.752. The number of para-hydroxylation sites is 1. The van der Waals surface area contributed by atoms with Gasteiger partial charge in [0.2, 0.25) is 5.91 Å². The monoisotopic (exact) mass is 395 g/mol. The lowest BCUT2D eigenvalue weighted by atomic mass is 9.82. The van der Waals surface area contributed by atoms with E-state index < -0.39 is 4.84 Å². The van der Waals surface area contributed by atoms with Gasteiger partial charge in [-0.1, -0.05) is 69.1 Å². The zero-order valence-corrected chi connectivity index (χ0v) is 17.5. The molecule has 2 rings (SSSR count). The minimum absolute atomic E-state index is 0.108. The molecular formula is C20H27Cl2N3O. The number of amides is 1. The van der Waals surface area contributed by atoms with Crippen LogP contribution in [0, 0.1) is 5.41 Å². The Morgan fingerprint density at radius 2 is 1.92 bits per heavy atom. The number of aryl methyl sites for hydroxylation is 1. The van der Waals surface area contributed by atoms with E-state index in [0.717, 1.165) is 23.2 Å². The fourth-order valence-corrected chi connectivity index (χ4v) is 3.68. The standard InChI is InChI=1S/C20H27Cl2N3O/c1-13(11-20(2,3)4)15-8-6-7-9-16(15)23-17(26)10-14-12-25(5)24-18(14)19(21)22/h6-9,12-13,19H,10-11H2,1-5H3,(H,23,26). The number of hydrogen-bond acceptors (Lipinski definition) is 2. The van der Waals surface area contributed by atoms with Crippen molar-refractivity contribution in [2.24, 2.45) is 12.5 Å². The highest BCUT2D eigenvalue weighted by Gasteiger charge is 2.21. The first-order chi connectivity index (χ1) is 12.1. The topological polar surface area (TPSA) is 46.9 Å². The van der Waals surface area contributed by atoms with Crippen molar-refractivity contribution in [1.82, 2.24) is 9.78 Å². The molecule has 142 valence electrons. The number of benzene rings is 1. The molecule has 1 amide bonds. The highest BCUT2D eigenvalue weighted by atomic mass is 35.5. The van der Waals surface area contributed by atoms with Gasteiger partial charge in [-0.3, -0.25) is 9.48 Å². The van der Waals surface area contributed by atoms with Crippen LogP contribution in [0.3, 0.4) is 0 Å². The number of halogens is 2. The Morgan fingerprint density at radius 1 is 1.27 bits per heavy atom. The number of anilines is 1. The lowest BCUT2D eigenvalue weighted by Gasteiger charge is -2.25. The quantitative estimate of drug-likeness (QED) is 0.645. The molecule has 0 aliphatic rings. The maximum absolute atomic E-state index is 12.6. The summed E-state index contributed by atoms with van der Waals surface area (Å²) in [7, 11) is 1.78. The van der Waals surface area contributed by atoms with Crippen LogP contribution >= 0.6 is 23.2 Å². The van der Waals surface area contributed by atoms with E-state index in [1.165, 1.54) is 0 Å². The number of alkyl halides is 2. The molecular weight excluding hydrogens is 369 g/mol. The molecule has 1 heterocycles. The van der Waals surface area contributed by atoms with Gasteiger partial charge in [-0.25, -0.2) is 0 Å². The molecule has 0 bridgehead atoms. The Kier molecular flexibility index (Phi) is 6.75. The number of nitrogens with zero attached hydrogens (tertiary/aromatic N) is 2. The lowest BCUT2D eigenvalue weighted by molar-refractivity contribution is -0.115. The van der Waals surface area contributed by atoms with E-state index in [0.29, 0.717) is 11.6 Å². The van der Waals surface area contributed by atoms with Crippen LogP contribution in [0.5, 0.6) is 0 Å². The molecule has 0 saturated carbocycles. The molecule has 0 aliphatic heterocycles. The summed E-state index contributed by atoms with van der Waals surface area (Å²) in [6.45, 7) is 8.87. The number of aromatic nitrogens is 2. The maximum Gasteiger partial charge on any atom is 0.228 e. The van der Waals surface area contributed by atoms with Crippen molar-refractivity contribution in [3.8, 4) is 0 Å². The van der Waals surface area contributed by atoms with Gasteiger partial charge in [0.15, 0.2) is 4.84 Å². The van der Waals surface area contributed by atoms with Gasteiger partial charge in [0.25, 0.3) is 0 Å². The third kappa shape index (κ3) is 5.75. The summed E-state index contributed by atoms with van der Waals surface area (Å²) in [5.41, 5.74) is 3.49. The molecule has 1 atom stereocenters. The Labute approximate surface area is 165 Å². The van der Waals surface area contributed by atoms with Crippen LogP contribution in [0.15, 0.2) is 30.5 Å². The third-order valence-electron chi connectivity index (χ3n) is 4.18. The molecule has 0 radical (unpaired) electrons. The maximum atomic E-state index is 12.6. The number of carbonyl (C=O) groups excluding carboxylic acids is 1. The zero-order valence-electron chi connectivity index (χ0n) is 16.0. The molecule has 1 aromatic carbocycles. The second-order valence-corrected chi connectivity index (χ2v) is 9.09. The normalized spacial score (nSPS) is 13.1. The van der Waals surface area contributed by atoms with Crippen LogP contribution in [0.2, 0.25) is 0 Å². The second-order valence-electron chi connectivity index (χ2n) is 7.99. The number of rotatable bonds is 6. The highest BCUT2D eigenvalue weighted by Crippen LogP contribution is 2.34. The summed E-state index contributed by atoms with van der Waals surface area (Å²) in [6.07, 6.45) is 2.99. The first-order valence-corrected chi connectivity index (χ1v) is 9.63. The largest absolute Gasteiger partial charge is 0.326 e. The number of carbonyl (C=O) groups is 1. The first-order valence-electron chi connectivity index (χ1n) is 8.76. The van der Waals surface area contributed by atoms with Gasteiger partial charge in [0, 0.05) is 24.5 Å². The van der Waals surface area contributed by atoms with Crippen molar-refractivity contribution >= 4 is 34.8 Å². The molecule has 26 heavy (non-hydrogen) atoms. The Morgan fingerprint density at radius 3 is 2.54 bits per heavy atom. The molecule has 1 N–H and O–H groups in total. The van der Waals surface area contributed by atoms with Gasteiger partial charge in [0.1, 0.15) is 0 Å². The van der Waals surface area contributed by atoms with Crippen molar-refractivity contribution in [3.05, 3.63) is 47.3 Å². The van der Waals surface area contributed by atoms with Crippen molar-refractivity contribution < 1.29 is 4.79 Å². The van der Waals surface area contributed by atoms with Gasteiger partial charge in [-0.05, 0) is 29.4 Å². The lowest BCUT2D eigenvalue weighted by Crippen LogP contribution is -2.17. The molecule has 1 aromatic heterocycles. The second kappa shape index (κ2) is 8.45. The highest BCUT2D eigenvalue weighted by molar-refractivity contribution is 6.44. The van der Waals surface area contributed by atoms with Gasteiger partial charge < -0.3 is 5.32 Å². The summed E-state index contributed by atoms with van der Waals surface area (Å²) in [4.78, 5) is 11.8. The fraction of sp³-hybridized carbons (Fsp3) is 0.500. The zero-order chi connectivity index (χ0) is 19.5. The first kappa shape index (κ1) is 20.8. The van der Waals surface area contributed by atoms with Crippen molar-refractivity contribution in [1.29, 1.82) is 0 Å². The van der Waals surface area contributed by atoms with E-state index in [2.05, 4.69) is 44.2 Å². The van der Waals surface area contributed by atoms with Crippen LogP contribution < -0.4 is 5.32 Å². The third-order valence-corrected chi connectivity index (χ3v) is 4.59. The van der Waals surface area contributed by atoms with Crippen molar-refractivity contribution in [3.63, 3.8) is 0 Å². The molecule has 0 fully saturated rings. The van der Waals surface area contributed by atoms with Gasteiger partial charge in [0.05, 0.1) is 12.1 Å². The Balaban J connectivity index is 2.15. The van der Waals surface area contributed by atoms with Gasteiger partial charge in [-0.15, -0.1) is 0 Å². The van der Waals surface area contributed by atoms with Crippen molar-refractivity contribution in [2.45, 2.75) is 51.3 Å². The molecule has 1 unspecified atom stereocenters. The van der Waals surface area contributed by atoms with E-state index in [4.69, 9.17) is 23.2 Å². The molecule has 0 aliphatic carbocycles. The average molecular weight is 396 g/mol. The summed E-state index contributed by atoms with van der Waals surface area (Å²) in [5.74, 6) is 0.235. The SMILES string of the molecule is CC(CC(C)(C)C)c1ccccc1NC(=O)Cc1cn(C)nc1C(Cl)Cl. The van der Waals surface area contributed by atoms with Crippen molar-refractivity contribution in [2.75, 3.05) is 5.32 Å². The molecule has 0 saturated heterocycles. The van der Waals surface area contributed by atoms with E-state index in [9.17, 15) is 4.79 Å². The predicted molar refractivity (Wildman–Crippen MR) is 109 cm³/mol. The van der Waals surface area contributed by atoms with Crippen LogP contribution in [-0.4, -0.2) is 15.7 Å². The molecule has 4 nitrogen and oxygen atoms in total.